The summed E-state index contributed by atoms with van der Waals surface area (Å²) >= 11 is 0. The van der Waals surface area contributed by atoms with Crippen molar-refractivity contribution in [2.24, 2.45) is 4.40 Å². The molecule has 0 aliphatic heterocycles. The van der Waals surface area contributed by atoms with Crippen molar-refractivity contribution in [3.63, 3.8) is 0 Å². The molecular formula is C15H17N3O2S. The Hall–Kier alpha value is -2.08. The van der Waals surface area contributed by atoms with Crippen LogP contribution in [0.5, 0.6) is 11.5 Å². The van der Waals surface area contributed by atoms with E-state index in [9.17, 15) is 4.21 Å². The molecule has 1 aromatic heterocycles. The van der Waals surface area contributed by atoms with Crippen molar-refractivity contribution in [1.29, 1.82) is 0 Å². The lowest BCUT2D eigenvalue weighted by atomic mass is 10.2. The maximum atomic E-state index is 11.8. The summed E-state index contributed by atoms with van der Waals surface area (Å²) in [6, 6.07) is 7.33. The Morgan fingerprint density at radius 2 is 1.71 bits per heavy atom. The first-order chi connectivity index (χ1) is 9.95. The zero-order chi connectivity index (χ0) is 15.3. The van der Waals surface area contributed by atoms with E-state index in [4.69, 9.17) is 4.74 Å². The van der Waals surface area contributed by atoms with Gasteiger partial charge in [0.2, 0.25) is 0 Å². The molecule has 0 aliphatic rings. The standard InChI is InChI=1S/C15H17N3O2S/c1-15(2,3)21(19)18-8-12-4-6-13(7-5-12)20-14-9-16-11-17-10-14/h4-11H,1-3H3. The SMILES string of the molecule is CC(C)(C)S(=O)N=Cc1ccc(Oc2cncnc2)cc1. The van der Waals surface area contributed by atoms with Gasteiger partial charge in [-0.25, -0.2) is 14.2 Å². The highest BCUT2D eigenvalue weighted by Gasteiger charge is 2.17. The fourth-order valence-corrected chi connectivity index (χ4v) is 1.90. The van der Waals surface area contributed by atoms with Crippen LogP contribution in [0.25, 0.3) is 0 Å². The molecule has 1 heterocycles. The van der Waals surface area contributed by atoms with Crippen LogP contribution < -0.4 is 4.74 Å². The first-order valence-electron chi connectivity index (χ1n) is 6.44. The first-order valence-corrected chi connectivity index (χ1v) is 7.55. The second kappa shape index (κ2) is 6.58. The van der Waals surface area contributed by atoms with Crippen molar-refractivity contribution in [3.05, 3.63) is 48.5 Å². The molecule has 0 fully saturated rings. The van der Waals surface area contributed by atoms with Crippen LogP contribution in [0.4, 0.5) is 0 Å². The van der Waals surface area contributed by atoms with Gasteiger partial charge in [-0.15, -0.1) is 0 Å². The summed E-state index contributed by atoms with van der Waals surface area (Å²) in [6.07, 6.45) is 6.24. The fraction of sp³-hybridized carbons (Fsp3) is 0.267. The van der Waals surface area contributed by atoms with Crippen molar-refractivity contribution in [2.45, 2.75) is 25.5 Å². The van der Waals surface area contributed by atoms with Crippen molar-refractivity contribution >= 4 is 17.2 Å². The molecule has 0 spiro atoms. The molecule has 0 radical (unpaired) electrons. The Kier molecular flexibility index (Phi) is 4.80. The third-order valence-corrected chi connectivity index (χ3v) is 3.82. The van der Waals surface area contributed by atoms with Crippen LogP contribution in [0.1, 0.15) is 26.3 Å². The van der Waals surface area contributed by atoms with Gasteiger partial charge in [0.05, 0.1) is 17.1 Å². The largest absolute Gasteiger partial charge is 0.454 e. The second-order valence-electron chi connectivity index (χ2n) is 5.34. The summed E-state index contributed by atoms with van der Waals surface area (Å²) in [7, 11) is -1.25. The normalized spacial score (nSPS) is 13.3. The Morgan fingerprint density at radius 3 is 2.29 bits per heavy atom. The lowest BCUT2D eigenvalue weighted by molar-refractivity contribution is 0.477. The first kappa shape index (κ1) is 15.3. The van der Waals surface area contributed by atoms with E-state index in [0.29, 0.717) is 11.5 Å². The van der Waals surface area contributed by atoms with Gasteiger partial charge in [0.25, 0.3) is 0 Å². The lowest BCUT2D eigenvalue weighted by Crippen LogP contribution is -2.19. The van der Waals surface area contributed by atoms with Crippen molar-refractivity contribution in [3.8, 4) is 11.5 Å². The molecule has 2 rings (SSSR count). The van der Waals surface area contributed by atoms with Crippen LogP contribution in [0, 0.1) is 0 Å². The number of hydrogen-bond acceptors (Lipinski definition) is 4. The summed E-state index contributed by atoms with van der Waals surface area (Å²) in [4.78, 5) is 7.76. The Morgan fingerprint density at radius 1 is 1.10 bits per heavy atom. The van der Waals surface area contributed by atoms with Gasteiger partial charge >= 0.3 is 0 Å². The van der Waals surface area contributed by atoms with E-state index in [1.807, 2.05) is 45.0 Å². The number of hydrogen-bond donors (Lipinski definition) is 0. The number of aromatic nitrogens is 2. The zero-order valence-electron chi connectivity index (χ0n) is 12.2. The van der Waals surface area contributed by atoms with E-state index in [0.717, 1.165) is 5.56 Å². The predicted molar refractivity (Wildman–Crippen MR) is 84.0 cm³/mol. The van der Waals surface area contributed by atoms with Gasteiger partial charge in [0.1, 0.15) is 23.1 Å². The molecule has 2 aromatic rings. The highest BCUT2D eigenvalue weighted by Crippen LogP contribution is 2.19. The second-order valence-corrected chi connectivity index (χ2v) is 7.28. The Labute approximate surface area is 126 Å². The lowest BCUT2D eigenvalue weighted by Gasteiger charge is -2.12. The molecular weight excluding hydrogens is 286 g/mol. The number of ether oxygens (including phenoxy) is 1. The van der Waals surface area contributed by atoms with Crippen molar-refractivity contribution < 1.29 is 8.95 Å². The third-order valence-electron chi connectivity index (χ3n) is 2.47. The number of benzene rings is 1. The Balaban J connectivity index is 2.03. The topological polar surface area (TPSA) is 64.4 Å². The van der Waals surface area contributed by atoms with Gasteiger partial charge in [-0.05, 0) is 50.6 Å². The van der Waals surface area contributed by atoms with Gasteiger partial charge in [-0.3, -0.25) is 0 Å². The summed E-state index contributed by atoms with van der Waals surface area (Å²) in [5, 5.41) is 0. The minimum atomic E-state index is -1.25. The van der Waals surface area contributed by atoms with Gasteiger partial charge in [-0.2, -0.15) is 4.40 Å². The predicted octanol–water partition coefficient (Wildman–Crippen LogP) is 3.15. The molecule has 0 aliphatic carbocycles. The summed E-state index contributed by atoms with van der Waals surface area (Å²) in [5.41, 5.74) is 0.865. The van der Waals surface area contributed by atoms with Crippen molar-refractivity contribution in [2.75, 3.05) is 0 Å². The van der Waals surface area contributed by atoms with Gasteiger partial charge in [0.15, 0.2) is 5.75 Å². The number of rotatable bonds is 4. The van der Waals surface area contributed by atoms with Crippen LogP contribution in [0.15, 0.2) is 47.4 Å². The van der Waals surface area contributed by atoms with E-state index in [-0.39, 0.29) is 4.75 Å². The molecule has 0 bridgehead atoms. The molecule has 110 valence electrons. The van der Waals surface area contributed by atoms with Gasteiger partial charge in [-0.1, -0.05) is 0 Å². The molecule has 1 atom stereocenters. The van der Waals surface area contributed by atoms with E-state index < -0.39 is 11.0 Å². The van der Waals surface area contributed by atoms with E-state index >= 15 is 0 Å². The van der Waals surface area contributed by atoms with E-state index in [2.05, 4.69) is 14.4 Å². The van der Waals surface area contributed by atoms with Crippen molar-refractivity contribution in [1.82, 2.24) is 9.97 Å². The molecule has 6 heteroatoms. The molecule has 0 saturated heterocycles. The highest BCUT2D eigenvalue weighted by molar-refractivity contribution is 7.85. The van der Waals surface area contributed by atoms with E-state index in [1.54, 1.807) is 18.6 Å². The van der Waals surface area contributed by atoms with Crippen LogP contribution in [0.2, 0.25) is 0 Å². The molecule has 1 unspecified atom stereocenters. The number of nitrogens with zero attached hydrogens (tertiary/aromatic N) is 3. The summed E-state index contributed by atoms with van der Waals surface area (Å²) in [6.45, 7) is 5.66. The van der Waals surface area contributed by atoms with Crippen LogP contribution in [0.3, 0.4) is 0 Å². The highest BCUT2D eigenvalue weighted by atomic mass is 32.2. The molecule has 5 nitrogen and oxygen atoms in total. The van der Waals surface area contributed by atoms with E-state index in [1.165, 1.54) is 6.33 Å². The average molecular weight is 303 g/mol. The monoisotopic (exact) mass is 303 g/mol. The Bertz CT molecular complexity index is 634. The summed E-state index contributed by atoms with van der Waals surface area (Å²) in [5.74, 6) is 1.26. The molecule has 0 N–H and O–H groups in total. The van der Waals surface area contributed by atoms with Gasteiger partial charge < -0.3 is 4.74 Å². The van der Waals surface area contributed by atoms with Crippen LogP contribution in [-0.2, 0) is 11.0 Å². The maximum Gasteiger partial charge on any atom is 0.163 e. The third kappa shape index (κ3) is 4.75. The van der Waals surface area contributed by atoms with Crippen LogP contribution in [-0.4, -0.2) is 25.1 Å². The quantitative estimate of drug-likeness (QED) is 0.814. The smallest absolute Gasteiger partial charge is 0.163 e. The molecule has 21 heavy (non-hydrogen) atoms. The minimum Gasteiger partial charge on any atom is -0.454 e. The minimum absolute atomic E-state index is 0.354. The van der Waals surface area contributed by atoms with Crippen LogP contribution >= 0.6 is 0 Å². The average Bonchev–Trinajstić information content (AvgIpc) is 2.46. The molecule has 0 saturated carbocycles. The van der Waals surface area contributed by atoms with Gasteiger partial charge in [0, 0.05) is 6.21 Å². The zero-order valence-corrected chi connectivity index (χ0v) is 13.0. The molecule has 0 amide bonds. The summed E-state index contributed by atoms with van der Waals surface area (Å²) < 4.78 is 21.1. The maximum absolute atomic E-state index is 11.8. The fourth-order valence-electron chi connectivity index (χ4n) is 1.36. The molecule has 1 aromatic carbocycles.